The highest BCUT2D eigenvalue weighted by Gasteiger charge is 2.22. The molecule has 5 aromatic carbocycles. The maximum absolute atomic E-state index is 5.78. The zero-order valence-electron chi connectivity index (χ0n) is 29.4. The van der Waals surface area contributed by atoms with E-state index in [0.29, 0.717) is 23.7 Å². The molecule has 0 spiro atoms. The van der Waals surface area contributed by atoms with Gasteiger partial charge in [-0.3, -0.25) is 0 Å². The van der Waals surface area contributed by atoms with Crippen LogP contribution in [0.1, 0.15) is 101 Å². The Balaban J connectivity index is 1.75. The summed E-state index contributed by atoms with van der Waals surface area (Å²) in [6, 6.07) is 35.5. The third kappa shape index (κ3) is 6.49. The first-order valence-corrected chi connectivity index (χ1v) is 16.8. The van der Waals surface area contributed by atoms with Gasteiger partial charge >= 0.3 is 0 Å². The third-order valence-electron chi connectivity index (χ3n) is 9.16. The fourth-order valence-corrected chi connectivity index (χ4v) is 6.77. The van der Waals surface area contributed by atoms with Crippen molar-refractivity contribution in [3.05, 3.63) is 119 Å². The lowest BCUT2D eigenvalue weighted by atomic mass is 9.79. The highest BCUT2D eigenvalue weighted by Crippen LogP contribution is 2.45. The Hall–Kier alpha value is -4.30. The van der Waals surface area contributed by atoms with Crippen molar-refractivity contribution in [1.82, 2.24) is 0 Å². The molecule has 0 radical (unpaired) electrons. The Morgan fingerprint density at radius 1 is 0.370 bits per heavy atom. The van der Waals surface area contributed by atoms with E-state index in [0.717, 1.165) is 22.6 Å². The number of benzene rings is 5. The van der Waals surface area contributed by atoms with E-state index in [1.807, 2.05) is 12.1 Å². The summed E-state index contributed by atoms with van der Waals surface area (Å²) in [5, 5.41) is 0. The standard InChI is InChI=1S/C44H50O2/c1-27(2)37-23-33(35-18-11-13-20-41(35)45-9)24-38(28(3)4)43(37)31-16-15-17-32(22-31)44-39(29(5)6)25-34(26-40(44)30(7)8)36-19-12-14-21-42(36)46-10/h11-30H,1-10H3. The van der Waals surface area contributed by atoms with Gasteiger partial charge in [-0.25, -0.2) is 0 Å². The quantitative estimate of drug-likeness (QED) is 0.157. The van der Waals surface area contributed by atoms with Gasteiger partial charge in [0, 0.05) is 11.1 Å². The van der Waals surface area contributed by atoms with E-state index in [9.17, 15) is 0 Å². The predicted molar refractivity (Wildman–Crippen MR) is 198 cm³/mol. The zero-order chi connectivity index (χ0) is 33.1. The van der Waals surface area contributed by atoms with Crippen LogP contribution < -0.4 is 9.47 Å². The van der Waals surface area contributed by atoms with E-state index in [4.69, 9.17) is 9.47 Å². The highest BCUT2D eigenvalue weighted by atomic mass is 16.5. The van der Waals surface area contributed by atoms with Crippen LogP contribution in [-0.4, -0.2) is 14.2 Å². The lowest BCUT2D eigenvalue weighted by Crippen LogP contribution is -2.04. The maximum Gasteiger partial charge on any atom is 0.126 e. The summed E-state index contributed by atoms with van der Waals surface area (Å²) in [4.78, 5) is 0. The monoisotopic (exact) mass is 610 g/mol. The van der Waals surface area contributed by atoms with Gasteiger partial charge in [0.2, 0.25) is 0 Å². The molecule has 0 N–H and O–H groups in total. The van der Waals surface area contributed by atoms with Crippen molar-refractivity contribution in [2.24, 2.45) is 0 Å². The molecule has 0 aliphatic heterocycles. The van der Waals surface area contributed by atoms with E-state index in [1.54, 1.807) is 14.2 Å². The van der Waals surface area contributed by atoms with Gasteiger partial charge in [0.05, 0.1) is 14.2 Å². The molecule has 5 rings (SSSR count). The minimum atomic E-state index is 0.350. The molecule has 46 heavy (non-hydrogen) atoms. The van der Waals surface area contributed by atoms with Gasteiger partial charge in [0.15, 0.2) is 0 Å². The molecule has 238 valence electrons. The van der Waals surface area contributed by atoms with Crippen LogP contribution in [0.5, 0.6) is 11.5 Å². The smallest absolute Gasteiger partial charge is 0.126 e. The van der Waals surface area contributed by atoms with Crippen LogP contribution in [0, 0.1) is 0 Å². The van der Waals surface area contributed by atoms with Crippen molar-refractivity contribution in [2.45, 2.75) is 79.1 Å². The number of methoxy groups -OCH3 is 2. The molecule has 0 aromatic heterocycles. The van der Waals surface area contributed by atoms with Gasteiger partial charge in [0.1, 0.15) is 11.5 Å². The van der Waals surface area contributed by atoms with E-state index in [2.05, 4.69) is 140 Å². The van der Waals surface area contributed by atoms with Crippen LogP contribution in [-0.2, 0) is 0 Å². The first-order chi connectivity index (χ1) is 22.0. The molecule has 0 saturated carbocycles. The lowest BCUT2D eigenvalue weighted by Gasteiger charge is -2.25. The summed E-state index contributed by atoms with van der Waals surface area (Å²) in [7, 11) is 3.51. The van der Waals surface area contributed by atoms with Crippen LogP contribution in [0.25, 0.3) is 44.5 Å². The molecule has 0 unspecified atom stereocenters. The van der Waals surface area contributed by atoms with Crippen molar-refractivity contribution in [1.29, 1.82) is 0 Å². The van der Waals surface area contributed by atoms with Gasteiger partial charge in [-0.05, 0) is 97.5 Å². The summed E-state index contributed by atoms with van der Waals surface area (Å²) in [6.07, 6.45) is 0. The SMILES string of the molecule is COc1ccccc1-c1cc(C(C)C)c(-c2cccc(-c3c(C(C)C)cc(-c4ccccc4OC)cc3C(C)C)c2)c(C(C)C)c1. The minimum absolute atomic E-state index is 0.350. The van der Waals surface area contributed by atoms with Crippen molar-refractivity contribution >= 4 is 0 Å². The number of ether oxygens (including phenoxy) is 2. The molecule has 0 heterocycles. The largest absolute Gasteiger partial charge is 0.496 e. The summed E-state index contributed by atoms with van der Waals surface area (Å²) in [5.74, 6) is 3.21. The normalized spacial score (nSPS) is 11.6. The van der Waals surface area contributed by atoms with Gasteiger partial charge in [-0.15, -0.1) is 0 Å². The Kier molecular flexibility index (Phi) is 10.1. The Bertz CT molecular complexity index is 1630. The van der Waals surface area contributed by atoms with Crippen LogP contribution in [0.3, 0.4) is 0 Å². The van der Waals surface area contributed by atoms with Gasteiger partial charge < -0.3 is 9.47 Å². The Labute approximate surface area is 277 Å². The molecular formula is C44H50O2. The van der Waals surface area contributed by atoms with E-state index < -0.39 is 0 Å². The summed E-state index contributed by atoms with van der Waals surface area (Å²) >= 11 is 0. The predicted octanol–water partition coefficient (Wildman–Crippen LogP) is 12.9. The topological polar surface area (TPSA) is 18.5 Å². The second-order valence-corrected chi connectivity index (χ2v) is 13.7. The number of hydrogen-bond donors (Lipinski definition) is 0. The van der Waals surface area contributed by atoms with Crippen molar-refractivity contribution in [3.8, 4) is 56.0 Å². The number of hydrogen-bond acceptors (Lipinski definition) is 2. The van der Waals surface area contributed by atoms with Crippen LogP contribution in [0.4, 0.5) is 0 Å². The second-order valence-electron chi connectivity index (χ2n) is 13.7. The summed E-state index contributed by atoms with van der Waals surface area (Å²) in [5.41, 5.74) is 15.4. The van der Waals surface area contributed by atoms with Gasteiger partial charge in [-0.1, -0.05) is 134 Å². The van der Waals surface area contributed by atoms with Crippen molar-refractivity contribution < 1.29 is 9.47 Å². The molecule has 0 saturated heterocycles. The summed E-state index contributed by atoms with van der Waals surface area (Å²) < 4.78 is 11.6. The van der Waals surface area contributed by atoms with Gasteiger partial charge in [0.25, 0.3) is 0 Å². The number of para-hydroxylation sites is 2. The molecular weight excluding hydrogens is 560 g/mol. The average molecular weight is 611 g/mol. The number of rotatable bonds is 10. The molecule has 0 atom stereocenters. The highest BCUT2D eigenvalue weighted by molar-refractivity contribution is 5.85. The third-order valence-corrected chi connectivity index (χ3v) is 9.16. The molecule has 0 aliphatic carbocycles. The molecule has 2 nitrogen and oxygen atoms in total. The first-order valence-electron chi connectivity index (χ1n) is 16.8. The molecule has 0 amide bonds. The molecule has 2 heteroatoms. The Morgan fingerprint density at radius 3 is 1.00 bits per heavy atom. The van der Waals surface area contributed by atoms with Crippen LogP contribution >= 0.6 is 0 Å². The van der Waals surface area contributed by atoms with Crippen LogP contribution in [0.2, 0.25) is 0 Å². The Morgan fingerprint density at radius 2 is 0.696 bits per heavy atom. The lowest BCUT2D eigenvalue weighted by molar-refractivity contribution is 0.416. The van der Waals surface area contributed by atoms with E-state index in [1.165, 1.54) is 55.6 Å². The molecule has 0 aliphatic rings. The molecule has 5 aromatic rings. The zero-order valence-corrected chi connectivity index (χ0v) is 29.4. The van der Waals surface area contributed by atoms with Crippen molar-refractivity contribution in [3.63, 3.8) is 0 Å². The first kappa shape index (κ1) is 33.1. The van der Waals surface area contributed by atoms with Crippen LogP contribution in [0.15, 0.2) is 97.1 Å². The maximum atomic E-state index is 5.78. The van der Waals surface area contributed by atoms with Gasteiger partial charge in [-0.2, -0.15) is 0 Å². The van der Waals surface area contributed by atoms with Crippen molar-refractivity contribution in [2.75, 3.05) is 14.2 Å². The van der Waals surface area contributed by atoms with E-state index in [-0.39, 0.29) is 0 Å². The second kappa shape index (κ2) is 14.0. The molecule has 0 fully saturated rings. The van der Waals surface area contributed by atoms with E-state index >= 15 is 0 Å². The minimum Gasteiger partial charge on any atom is -0.496 e. The fourth-order valence-electron chi connectivity index (χ4n) is 6.77. The summed E-state index contributed by atoms with van der Waals surface area (Å²) in [6.45, 7) is 18.5. The molecule has 0 bridgehead atoms. The average Bonchev–Trinajstić information content (AvgIpc) is 3.06. The fraction of sp³-hybridized carbons (Fsp3) is 0.318.